The second-order valence-electron chi connectivity index (χ2n) is 2.79. The van der Waals surface area contributed by atoms with Gasteiger partial charge in [-0.05, 0) is 20.0 Å². The zero-order chi connectivity index (χ0) is 10.3. The van der Waals surface area contributed by atoms with E-state index >= 15 is 0 Å². The highest BCUT2D eigenvalue weighted by Crippen LogP contribution is 1.86. The molecule has 0 amide bonds. The molecular formula is C9H15NO3. The summed E-state index contributed by atoms with van der Waals surface area (Å²) >= 11 is 0. The first-order valence-electron chi connectivity index (χ1n) is 3.98. The number of rotatable bonds is 5. The Labute approximate surface area is 78.2 Å². The molecule has 0 heterocycles. The Morgan fingerprint density at radius 1 is 1.46 bits per heavy atom. The van der Waals surface area contributed by atoms with Gasteiger partial charge in [-0.3, -0.25) is 14.5 Å². The Bertz CT molecular complexity index is 211. The van der Waals surface area contributed by atoms with E-state index in [0.717, 1.165) is 0 Å². The lowest BCUT2D eigenvalue weighted by molar-refractivity contribution is -0.141. The van der Waals surface area contributed by atoms with E-state index in [4.69, 9.17) is 0 Å². The molecule has 74 valence electrons. The van der Waals surface area contributed by atoms with Gasteiger partial charge in [0.25, 0.3) is 0 Å². The molecule has 0 aliphatic rings. The minimum atomic E-state index is -0.279. The van der Waals surface area contributed by atoms with E-state index in [-0.39, 0.29) is 18.3 Å². The Hall–Kier alpha value is -1.16. The number of esters is 1. The Morgan fingerprint density at radius 3 is 2.54 bits per heavy atom. The van der Waals surface area contributed by atoms with Crippen molar-refractivity contribution in [1.82, 2.24) is 4.90 Å². The molecule has 0 aromatic carbocycles. The number of hydrogen-bond acceptors (Lipinski definition) is 4. The highest BCUT2D eigenvalue weighted by molar-refractivity contribution is 5.87. The first-order chi connectivity index (χ1) is 6.06. The molecule has 0 saturated heterocycles. The van der Waals surface area contributed by atoms with Gasteiger partial charge in [-0.15, -0.1) is 0 Å². The number of ketones is 1. The van der Waals surface area contributed by atoms with E-state index in [1.54, 1.807) is 18.0 Å². The molecule has 0 atom stereocenters. The molecule has 0 radical (unpaired) electrons. The summed E-state index contributed by atoms with van der Waals surface area (Å²) in [6.07, 6.45) is 3.19. The normalized spacial score (nSPS) is 10.8. The molecule has 0 fully saturated rings. The predicted molar refractivity (Wildman–Crippen MR) is 49.3 cm³/mol. The summed E-state index contributed by atoms with van der Waals surface area (Å²) < 4.78 is 4.48. The molecule has 0 rings (SSSR count). The molecular weight excluding hydrogens is 170 g/mol. The van der Waals surface area contributed by atoms with Gasteiger partial charge in [0, 0.05) is 6.54 Å². The summed E-state index contributed by atoms with van der Waals surface area (Å²) in [4.78, 5) is 23.0. The number of nitrogens with zero attached hydrogens (tertiary/aromatic N) is 1. The van der Waals surface area contributed by atoms with Crippen LogP contribution in [-0.2, 0) is 14.3 Å². The molecule has 0 aromatic rings. The van der Waals surface area contributed by atoms with Gasteiger partial charge in [0.05, 0.1) is 13.7 Å². The lowest BCUT2D eigenvalue weighted by atomic mass is 10.4. The van der Waals surface area contributed by atoms with Crippen molar-refractivity contribution in [2.24, 2.45) is 0 Å². The van der Waals surface area contributed by atoms with Crippen LogP contribution in [0, 0.1) is 0 Å². The van der Waals surface area contributed by atoms with E-state index in [1.807, 2.05) is 0 Å². The van der Waals surface area contributed by atoms with E-state index < -0.39 is 0 Å². The summed E-state index contributed by atoms with van der Waals surface area (Å²) in [6.45, 7) is 2.28. The van der Waals surface area contributed by atoms with Gasteiger partial charge in [-0.2, -0.15) is 0 Å². The van der Waals surface area contributed by atoms with Crippen molar-refractivity contribution in [3.05, 3.63) is 12.2 Å². The van der Waals surface area contributed by atoms with Gasteiger partial charge < -0.3 is 4.74 Å². The first-order valence-corrected chi connectivity index (χ1v) is 3.98. The minimum absolute atomic E-state index is 0.00599. The first kappa shape index (κ1) is 11.8. The molecule has 4 nitrogen and oxygen atoms in total. The van der Waals surface area contributed by atoms with E-state index in [0.29, 0.717) is 6.54 Å². The number of carbonyl (C=O) groups is 2. The molecule has 4 heteroatoms. The maximum Gasteiger partial charge on any atom is 0.319 e. The second kappa shape index (κ2) is 6.37. The van der Waals surface area contributed by atoms with Crippen molar-refractivity contribution < 1.29 is 14.3 Å². The average Bonchev–Trinajstić information content (AvgIpc) is 2.03. The van der Waals surface area contributed by atoms with Gasteiger partial charge >= 0.3 is 5.97 Å². The average molecular weight is 185 g/mol. The zero-order valence-corrected chi connectivity index (χ0v) is 8.24. The smallest absolute Gasteiger partial charge is 0.319 e. The summed E-state index contributed by atoms with van der Waals surface area (Å²) in [7, 11) is 3.13. The van der Waals surface area contributed by atoms with Crippen LogP contribution >= 0.6 is 0 Å². The SMILES string of the molecule is COC(=O)CN(C)C/C=C/C(C)=O. The van der Waals surface area contributed by atoms with Crippen LogP contribution in [0.3, 0.4) is 0 Å². The van der Waals surface area contributed by atoms with Gasteiger partial charge in [0.2, 0.25) is 0 Å². The van der Waals surface area contributed by atoms with E-state index in [2.05, 4.69) is 4.74 Å². The minimum Gasteiger partial charge on any atom is -0.468 e. The molecule has 0 saturated carbocycles. The number of ether oxygens (including phenoxy) is 1. The molecule has 0 aliphatic heterocycles. The summed E-state index contributed by atoms with van der Waals surface area (Å²) in [5.41, 5.74) is 0. The number of allylic oxidation sites excluding steroid dienone is 1. The molecule has 0 spiro atoms. The second-order valence-corrected chi connectivity index (χ2v) is 2.79. The van der Waals surface area contributed by atoms with Crippen LogP contribution in [0.2, 0.25) is 0 Å². The van der Waals surface area contributed by atoms with Gasteiger partial charge in [-0.25, -0.2) is 0 Å². The van der Waals surface area contributed by atoms with Crippen molar-refractivity contribution in [3.63, 3.8) is 0 Å². The Balaban J connectivity index is 3.68. The zero-order valence-electron chi connectivity index (χ0n) is 8.24. The molecule has 0 aromatic heterocycles. The largest absolute Gasteiger partial charge is 0.468 e. The van der Waals surface area contributed by atoms with E-state index in [1.165, 1.54) is 20.1 Å². The van der Waals surface area contributed by atoms with Crippen molar-refractivity contribution in [3.8, 4) is 0 Å². The van der Waals surface area contributed by atoms with Crippen molar-refractivity contribution in [1.29, 1.82) is 0 Å². The van der Waals surface area contributed by atoms with Crippen LogP contribution in [0.25, 0.3) is 0 Å². The fraction of sp³-hybridized carbons (Fsp3) is 0.556. The summed E-state index contributed by atoms with van der Waals surface area (Å²) in [5, 5.41) is 0. The highest BCUT2D eigenvalue weighted by Gasteiger charge is 2.03. The third-order valence-corrected chi connectivity index (χ3v) is 1.40. The summed E-state index contributed by atoms with van der Waals surface area (Å²) in [6, 6.07) is 0. The van der Waals surface area contributed by atoms with Crippen LogP contribution in [0.1, 0.15) is 6.92 Å². The molecule has 0 unspecified atom stereocenters. The summed E-state index contributed by atoms with van der Waals surface area (Å²) in [5.74, 6) is -0.273. The third kappa shape index (κ3) is 7.21. The van der Waals surface area contributed by atoms with Crippen molar-refractivity contribution in [2.75, 3.05) is 27.2 Å². The molecule has 0 N–H and O–H groups in total. The quantitative estimate of drug-likeness (QED) is 0.454. The lowest BCUT2D eigenvalue weighted by Crippen LogP contribution is -2.26. The Morgan fingerprint density at radius 2 is 2.08 bits per heavy atom. The highest BCUT2D eigenvalue weighted by atomic mass is 16.5. The lowest BCUT2D eigenvalue weighted by Gasteiger charge is -2.11. The molecule has 13 heavy (non-hydrogen) atoms. The fourth-order valence-corrected chi connectivity index (χ4v) is 0.748. The standard InChI is InChI=1S/C9H15NO3/c1-8(11)5-4-6-10(2)7-9(12)13-3/h4-5H,6-7H2,1-3H3/b5-4+. The Kier molecular flexibility index (Phi) is 5.80. The van der Waals surface area contributed by atoms with Crippen LogP contribution in [0.4, 0.5) is 0 Å². The number of carbonyl (C=O) groups excluding carboxylic acids is 2. The van der Waals surface area contributed by atoms with Crippen molar-refractivity contribution in [2.45, 2.75) is 6.92 Å². The monoisotopic (exact) mass is 185 g/mol. The number of likely N-dealkylation sites (N-methyl/N-ethyl adjacent to an activating group) is 1. The van der Waals surface area contributed by atoms with Gasteiger partial charge in [0.1, 0.15) is 0 Å². The predicted octanol–water partition coefficient (Wildman–Crippen LogP) is 0.236. The topological polar surface area (TPSA) is 46.6 Å². The van der Waals surface area contributed by atoms with E-state index in [9.17, 15) is 9.59 Å². The van der Waals surface area contributed by atoms with Crippen LogP contribution in [0.15, 0.2) is 12.2 Å². The maximum absolute atomic E-state index is 10.8. The fourth-order valence-electron chi connectivity index (χ4n) is 0.748. The van der Waals surface area contributed by atoms with Crippen molar-refractivity contribution >= 4 is 11.8 Å². The molecule has 0 aliphatic carbocycles. The third-order valence-electron chi connectivity index (χ3n) is 1.40. The van der Waals surface area contributed by atoms with Crippen LogP contribution in [0.5, 0.6) is 0 Å². The molecule has 0 bridgehead atoms. The van der Waals surface area contributed by atoms with Crippen LogP contribution < -0.4 is 0 Å². The maximum atomic E-state index is 10.8. The number of hydrogen-bond donors (Lipinski definition) is 0. The number of methoxy groups -OCH3 is 1. The van der Waals surface area contributed by atoms with Gasteiger partial charge in [0.15, 0.2) is 5.78 Å². The van der Waals surface area contributed by atoms with Gasteiger partial charge in [-0.1, -0.05) is 6.08 Å². The van der Waals surface area contributed by atoms with Crippen LogP contribution in [-0.4, -0.2) is 43.9 Å².